The van der Waals surface area contributed by atoms with Crippen molar-refractivity contribution in [3.8, 4) is 0 Å². The molecule has 0 atom stereocenters. The van der Waals surface area contributed by atoms with Gasteiger partial charge in [0.25, 0.3) is 0 Å². The minimum Gasteiger partial charge on any atom is -0.395 e. The molecule has 0 spiro atoms. The number of alkyl halides is 3. The van der Waals surface area contributed by atoms with Gasteiger partial charge in [0.15, 0.2) is 0 Å². The molecule has 0 aromatic heterocycles. The lowest BCUT2D eigenvalue weighted by Crippen LogP contribution is -2.41. The van der Waals surface area contributed by atoms with E-state index in [0.29, 0.717) is 15.5 Å². The SMILES string of the molecule is O=C(Cc1cccc(Cl)c1)N(CCO)CC(F)(F)F. The van der Waals surface area contributed by atoms with Crippen LogP contribution in [0.15, 0.2) is 24.3 Å². The lowest BCUT2D eigenvalue weighted by Gasteiger charge is -2.23. The van der Waals surface area contributed by atoms with Crippen LogP contribution in [0.1, 0.15) is 5.56 Å². The zero-order valence-corrected chi connectivity index (χ0v) is 10.7. The average molecular weight is 296 g/mol. The Bertz CT molecular complexity index is 437. The maximum Gasteiger partial charge on any atom is 0.406 e. The van der Waals surface area contributed by atoms with E-state index in [-0.39, 0.29) is 13.0 Å². The van der Waals surface area contributed by atoms with Gasteiger partial charge in [-0.15, -0.1) is 0 Å². The Morgan fingerprint density at radius 2 is 2.05 bits per heavy atom. The Morgan fingerprint density at radius 1 is 1.37 bits per heavy atom. The summed E-state index contributed by atoms with van der Waals surface area (Å²) in [6.45, 7) is -2.23. The molecule has 7 heteroatoms. The van der Waals surface area contributed by atoms with Gasteiger partial charge < -0.3 is 10.0 Å². The average Bonchev–Trinajstić information content (AvgIpc) is 2.26. The van der Waals surface area contributed by atoms with Gasteiger partial charge in [-0.2, -0.15) is 13.2 Å². The monoisotopic (exact) mass is 295 g/mol. The first kappa shape index (κ1) is 15.8. The first-order valence-corrected chi connectivity index (χ1v) is 5.89. The van der Waals surface area contributed by atoms with Crippen LogP contribution in [0.25, 0.3) is 0 Å². The van der Waals surface area contributed by atoms with Crippen molar-refractivity contribution in [2.45, 2.75) is 12.6 Å². The molecule has 0 aliphatic carbocycles. The van der Waals surface area contributed by atoms with Crippen molar-refractivity contribution in [2.75, 3.05) is 19.7 Å². The number of aliphatic hydroxyl groups is 1. The van der Waals surface area contributed by atoms with E-state index >= 15 is 0 Å². The third-order valence-corrected chi connectivity index (χ3v) is 2.57. The van der Waals surface area contributed by atoms with E-state index in [1.165, 1.54) is 6.07 Å². The van der Waals surface area contributed by atoms with Gasteiger partial charge in [-0.3, -0.25) is 4.79 Å². The van der Waals surface area contributed by atoms with Gasteiger partial charge in [-0.1, -0.05) is 23.7 Å². The summed E-state index contributed by atoms with van der Waals surface area (Å²) in [5.41, 5.74) is 0.530. The van der Waals surface area contributed by atoms with E-state index < -0.39 is 25.2 Å². The van der Waals surface area contributed by atoms with Crippen LogP contribution in [0.2, 0.25) is 5.02 Å². The van der Waals surface area contributed by atoms with E-state index in [1.807, 2.05) is 0 Å². The number of rotatable bonds is 5. The van der Waals surface area contributed by atoms with Crippen molar-refractivity contribution in [2.24, 2.45) is 0 Å². The molecule has 19 heavy (non-hydrogen) atoms. The van der Waals surface area contributed by atoms with Gasteiger partial charge in [0.1, 0.15) is 6.54 Å². The van der Waals surface area contributed by atoms with Crippen molar-refractivity contribution in [3.63, 3.8) is 0 Å². The second-order valence-corrected chi connectivity index (χ2v) is 4.40. The molecule has 0 radical (unpaired) electrons. The van der Waals surface area contributed by atoms with Crippen LogP contribution >= 0.6 is 11.6 Å². The molecule has 1 amide bonds. The van der Waals surface area contributed by atoms with Crippen LogP contribution in [0, 0.1) is 0 Å². The Morgan fingerprint density at radius 3 is 2.58 bits per heavy atom. The Balaban J connectivity index is 2.71. The van der Waals surface area contributed by atoms with E-state index in [1.54, 1.807) is 18.2 Å². The molecular weight excluding hydrogens is 283 g/mol. The number of aliphatic hydroxyl groups excluding tert-OH is 1. The number of hydrogen-bond donors (Lipinski definition) is 1. The molecule has 0 saturated heterocycles. The first-order valence-electron chi connectivity index (χ1n) is 5.51. The summed E-state index contributed by atoms with van der Waals surface area (Å²) in [4.78, 5) is 12.3. The molecule has 1 aromatic rings. The highest BCUT2D eigenvalue weighted by Crippen LogP contribution is 2.18. The largest absolute Gasteiger partial charge is 0.406 e. The van der Waals surface area contributed by atoms with E-state index in [0.717, 1.165) is 0 Å². The summed E-state index contributed by atoms with van der Waals surface area (Å²) in [5, 5.41) is 9.12. The van der Waals surface area contributed by atoms with Gasteiger partial charge >= 0.3 is 6.18 Å². The maximum absolute atomic E-state index is 12.3. The normalized spacial score (nSPS) is 11.4. The molecule has 3 nitrogen and oxygen atoms in total. The molecule has 106 valence electrons. The molecule has 0 heterocycles. The number of carbonyl (C=O) groups is 1. The van der Waals surface area contributed by atoms with Gasteiger partial charge in [0, 0.05) is 11.6 Å². The minimum absolute atomic E-state index is 0.184. The van der Waals surface area contributed by atoms with E-state index in [2.05, 4.69) is 0 Å². The summed E-state index contributed by atoms with van der Waals surface area (Å²) in [7, 11) is 0. The summed E-state index contributed by atoms with van der Waals surface area (Å²) < 4.78 is 36.9. The van der Waals surface area contributed by atoms with Gasteiger partial charge in [-0.05, 0) is 17.7 Å². The zero-order chi connectivity index (χ0) is 14.5. The van der Waals surface area contributed by atoms with Crippen LogP contribution in [0.5, 0.6) is 0 Å². The molecule has 0 fully saturated rings. The fourth-order valence-electron chi connectivity index (χ4n) is 1.56. The fraction of sp³-hybridized carbons (Fsp3) is 0.417. The quantitative estimate of drug-likeness (QED) is 0.905. The van der Waals surface area contributed by atoms with Crippen molar-refractivity contribution in [3.05, 3.63) is 34.9 Å². The minimum atomic E-state index is -4.49. The lowest BCUT2D eigenvalue weighted by molar-refractivity contribution is -0.161. The Kier molecular flexibility index (Phi) is 5.62. The van der Waals surface area contributed by atoms with E-state index in [4.69, 9.17) is 16.7 Å². The molecule has 0 aliphatic heterocycles. The molecule has 1 rings (SSSR count). The van der Waals surface area contributed by atoms with Crippen molar-refractivity contribution < 1.29 is 23.1 Å². The van der Waals surface area contributed by atoms with Crippen LogP contribution in [-0.4, -0.2) is 41.8 Å². The Labute approximate surface area is 113 Å². The van der Waals surface area contributed by atoms with Crippen LogP contribution in [-0.2, 0) is 11.2 Å². The van der Waals surface area contributed by atoms with Gasteiger partial charge in [-0.25, -0.2) is 0 Å². The number of nitrogens with zero attached hydrogens (tertiary/aromatic N) is 1. The first-order chi connectivity index (χ1) is 8.81. The van der Waals surface area contributed by atoms with Crippen molar-refractivity contribution in [1.29, 1.82) is 0 Å². The predicted octanol–water partition coefficient (Wildman–Crippen LogP) is 2.27. The van der Waals surface area contributed by atoms with Crippen LogP contribution in [0.3, 0.4) is 0 Å². The number of benzene rings is 1. The van der Waals surface area contributed by atoms with Gasteiger partial charge in [0.2, 0.25) is 5.91 Å². The summed E-state index contributed by atoms with van der Waals surface area (Å²) in [6.07, 6.45) is -4.67. The number of halogens is 4. The fourth-order valence-corrected chi connectivity index (χ4v) is 1.78. The number of carbonyl (C=O) groups excluding carboxylic acids is 1. The molecule has 0 bridgehead atoms. The molecule has 0 aliphatic rings. The van der Waals surface area contributed by atoms with Crippen LogP contribution < -0.4 is 0 Å². The highest BCUT2D eigenvalue weighted by atomic mass is 35.5. The predicted molar refractivity (Wildman–Crippen MR) is 64.9 cm³/mol. The van der Waals surface area contributed by atoms with Gasteiger partial charge in [0.05, 0.1) is 13.0 Å². The molecule has 1 N–H and O–H groups in total. The second kappa shape index (κ2) is 6.77. The molecule has 1 aromatic carbocycles. The molecular formula is C12H13ClF3NO2. The summed E-state index contributed by atoms with van der Waals surface area (Å²) >= 11 is 5.73. The van der Waals surface area contributed by atoms with Crippen molar-refractivity contribution >= 4 is 17.5 Å². The molecule has 0 saturated carbocycles. The zero-order valence-electron chi connectivity index (χ0n) is 9.95. The van der Waals surface area contributed by atoms with Crippen molar-refractivity contribution in [1.82, 2.24) is 4.90 Å². The Hall–Kier alpha value is -1.27. The standard InChI is InChI=1S/C12H13ClF3NO2/c13-10-3-1-2-9(6-10)7-11(19)17(4-5-18)8-12(14,15)16/h1-3,6,18H,4-5,7-8H2. The summed E-state index contributed by atoms with van der Waals surface area (Å²) in [5.74, 6) is -0.700. The van der Waals surface area contributed by atoms with Crippen LogP contribution in [0.4, 0.5) is 13.2 Å². The van der Waals surface area contributed by atoms with E-state index in [9.17, 15) is 18.0 Å². The highest BCUT2D eigenvalue weighted by molar-refractivity contribution is 6.30. The highest BCUT2D eigenvalue weighted by Gasteiger charge is 2.32. The topological polar surface area (TPSA) is 40.5 Å². The smallest absolute Gasteiger partial charge is 0.395 e. The number of amides is 1. The third-order valence-electron chi connectivity index (χ3n) is 2.34. The lowest BCUT2D eigenvalue weighted by atomic mass is 10.1. The molecule has 0 unspecified atom stereocenters. The summed E-state index contributed by atoms with van der Waals surface area (Å²) in [6, 6.07) is 6.35. The second-order valence-electron chi connectivity index (χ2n) is 3.96. The third kappa shape index (κ3) is 5.94. The number of hydrogen-bond acceptors (Lipinski definition) is 2. The maximum atomic E-state index is 12.3.